The normalized spacial score (nSPS) is 10.1. The van der Waals surface area contributed by atoms with Gasteiger partial charge in [0.25, 0.3) is 0 Å². The van der Waals surface area contributed by atoms with Crippen molar-refractivity contribution in [2.75, 3.05) is 13.7 Å². The molecule has 13 heavy (non-hydrogen) atoms. The van der Waals surface area contributed by atoms with E-state index in [1.807, 2.05) is 0 Å². The lowest BCUT2D eigenvalue weighted by molar-refractivity contribution is 0.0847. The summed E-state index contributed by atoms with van der Waals surface area (Å²) in [6.07, 6.45) is 0. The second kappa shape index (κ2) is 4.09. The number of methoxy groups -OCH3 is 1. The highest BCUT2D eigenvalue weighted by Gasteiger charge is 2.08. The minimum Gasteiger partial charge on any atom is -0.377 e. The number of benzene rings is 1. The van der Waals surface area contributed by atoms with Crippen LogP contribution < -0.4 is 0 Å². The number of Topliss-reactive ketones (excluding diaryl/α,β-unsaturated/α-hetero) is 1. The number of ketones is 1. The molecule has 1 aromatic carbocycles. The van der Waals surface area contributed by atoms with E-state index in [9.17, 15) is 13.6 Å². The van der Waals surface area contributed by atoms with Gasteiger partial charge in [0.1, 0.15) is 6.61 Å². The number of halogens is 2. The molecule has 1 rings (SSSR count). The summed E-state index contributed by atoms with van der Waals surface area (Å²) in [5, 5.41) is 0. The van der Waals surface area contributed by atoms with Gasteiger partial charge < -0.3 is 4.74 Å². The van der Waals surface area contributed by atoms with Crippen LogP contribution in [0.2, 0.25) is 0 Å². The van der Waals surface area contributed by atoms with Crippen molar-refractivity contribution >= 4 is 5.78 Å². The lowest BCUT2D eigenvalue weighted by Gasteiger charge is -1.99. The maximum absolute atomic E-state index is 12.6. The molecule has 0 unspecified atom stereocenters. The quantitative estimate of drug-likeness (QED) is 0.673. The second-order valence-corrected chi connectivity index (χ2v) is 2.49. The van der Waals surface area contributed by atoms with E-state index in [1.165, 1.54) is 13.2 Å². The van der Waals surface area contributed by atoms with Crippen molar-refractivity contribution in [1.29, 1.82) is 0 Å². The molecular formula is C9H8F2O2. The number of carbonyl (C=O) groups is 1. The Bertz CT molecular complexity index is 323. The number of rotatable bonds is 3. The zero-order valence-electron chi connectivity index (χ0n) is 7.01. The molecule has 0 amide bonds. The smallest absolute Gasteiger partial charge is 0.188 e. The van der Waals surface area contributed by atoms with Gasteiger partial charge >= 0.3 is 0 Å². The van der Waals surface area contributed by atoms with E-state index in [4.69, 9.17) is 0 Å². The molecular weight excluding hydrogens is 178 g/mol. The summed E-state index contributed by atoms with van der Waals surface area (Å²) >= 11 is 0. The topological polar surface area (TPSA) is 26.3 Å². The van der Waals surface area contributed by atoms with Crippen LogP contribution in [0.3, 0.4) is 0 Å². The highest BCUT2D eigenvalue weighted by Crippen LogP contribution is 2.09. The molecule has 0 bridgehead atoms. The monoisotopic (exact) mass is 186 g/mol. The summed E-state index contributed by atoms with van der Waals surface area (Å²) in [6.45, 7) is -0.134. The predicted octanol–water partition coefficient (Wildman–Crippen LogP) is 1.79. The molecule has 0 saturated heterocycles. The highest BCUT2D eigenvalue weighted by atomic mass is 19.2. The lowest BCUT2D eigenvalue weighted by atomic mass is 10.1. The molecule has 0 N–H and O–H groups in total. The number of carbonyl (C=O) groups excluding carboxylic acids is 1. The molecule has 0 aliphatic carbocycles. The predicted molar refractivity (Wildman–Crippen MR) is 42.6 cm³/mol. The fourth-order valence-electron chi connectivity index (χ4n) is 0.884. The van der Waals surface area contributed by atoms with Gasteiger partial charge in [-0.1, -0.05) is 0 Å². The minimum absolute atomic E-state index is 0.112. The van der Waals surface area contributed by atoms with Crippen LogP contribution in [-0.2, 0) is 4.74 Å². The average Bonchev–Trinajstić information content (AvgIpc) is 2.10. The van der Waals surface area contributed by atoms with Crippen LogP contribution in [0.4, 0.5) is 8.78 Å². The van der Waals surface area contributed by atoms with Crippen LogP contribution in [0.1, 0.15) is 10.4 Å². The lowest BCUT2D eigenvalue weighted by Crippen LogP contribution is -2.07. The Labute approximate surface area is 74.1 Å². The molecule has 0 spiro atoms. The van der Waals surface area contributed by atoms with E-state index in [1.54, 1.807) is 0 Å². The highest BCUT2D eigenvalue weighted by molar-refractivity contribution is 5.97. The van der Waals surface area contributed by atoms with Gasteiger partial charge in [0.2, 0.25) is 0 Å². The summed E-state index contributed by atoms with van der Waals surface area (Å²) in [7, 11) is 1.36. The van der Waals surface area contributed by atoms with Gasteiger partial charge in [0.05, 0.1) is 0 Å². The Balaban J connectivity index is 2.90. The molecule has 0 fully saturated rings. The van der Waals surface area contributed by atoms with Crippen molar-refractivity contribution in [3.8, 4) is 0 Å². The Hall–Kier alpha value is -1.29. The van der Waals surface area contributed by atoms with Crippen molar-refractivity contribution < 1.29 is 18.3 Å². The van der Waals surface area contributed by atoms with Gasteiger partial charge in [-0.25, -0.2) is 8.78 Å². The molecule has 1 aromatic rings. The largest absolute Gasteiger partial charge is 0.377 e. The van der Waals surface area contributed by atoms with Crippen molar-refractivity contribution in [3.05, 3.63) is 35.4 Å². The van der Waals surface area contributed by atoms with Crippen LogP contribution in [0.25, 0.3) is 0 Å². The van der Waals surface area contributed by atoms with E-state index in [2.05, 4.69) is 4.74 Å². The zero-order valence-corrected chi connectivity index (χ0v) is 7.01. The third kappa shape index (κ3) is 2.32. The Morgan fingerprint density at radius 3 is 2.62 bits per heavy atom. The fourth-order valence-corrected chi connectivity index (χ4v) is 0.884. The molecule has 4 heteroatoms. The van der Waals surface area contributed by atoms with Gasteiger partial charge in [-0.2, -0.15) is 0 Å². The van der Waals surface area contributed by atoms with Gasteiger partial charge in [0, 0.05) is 12.7 Å². The molecule has 0 atom stereocenters. The van der Waals surface area contributed by atoms with Crippen molar-refractivity contribution in [1.82, 2.24) is 0 Å². The van der Waals surface area contributed by atoms with E-state index in [0.29, 0.717) is 0 Å². The van der Waals surface area contributed by atoms with E-state index in [-0.39, 0.29) is 18.0 Å². The molecule has 0 saturated carbocycles. The summed E-state index contributed by atoms with van der Waals surface area (Å²) in [5.41, 5.74) is 0.112. The summed E-state index contributed by atoms with van der Waals surface area (Å²) in [5.74, 6) is -2.36. The molecule has 0 aliphatic rings. The average molecular weight is 186 g/mol. The summed E-state index contributed by atoms with van der Waals surface area (Å²) in [6, 6.07) is 2.99. The number of hydrogen-bond acceptors (Lipinski definition) is 2. The van der Waals surface area contributed by atoms with Gasteiger partial charge in [-0.05, 0) is 18.2 Å². The summed E-state index contributed by atoms with van der Waals surface area (Å²) in [4.78, 5) is 11.1. The third-order valence-electron chi connectivity index (χ3n) is 1.52. The zero-order chi connectivity index (χ0) is 9.84. The second-order valence-electron chi connectivity index (χ2n) is 2.49. The van der Waals surface area contributed by atoms with E-state index in [0.717, 1.165) is 12.1 Å². The molecule has 0 aliphatic heterocycles. The Morgan fingerprint density at radius 1 is 1.38 bits per heavy atom. The van der Waals surface area contributed by atoms with Crippen LogP contribution in [-0.4, -0.2) is 19.5 Å². The molecule has 0 aromatic heterocycles. The van der Waals surface area contributed by atoms with E-state index >= 15 is 0 Å². The van der Waals surface area contributed by atoms with Crippen LogP contribution in [0.5, 0.6) is 0 Å². The molecule has 0 radical (unpaired) electrons. The van der Waals surface area contributed by atoms with Gasteiger partial charge in [0.15, 0.2) is 17.4 Å². The molecule has 70 valence electrons. The van der Waals surface area contributed by atoms with Crippen LogP contribution in [0.15, 0.2) is 18.2 Å². The standard InChI is InChI=1S/C9H8F2O2/c1-13-5-9(12)6-2-3-7(10)8(11)4-6/h2-4H,5H2,1H3. The minimum atomic E-state index is -1.03. The van der Waals surface area contributed by atoms with Crippen molar-refractivity contribution in [2.45, 2.75) is 0 Å². The molecule has 0 heterocycles. The Morgan fingerprint density at radius 2 is 2.08 bits per heavy atom. The fraction of sp³-hybridized carbons (Fsp3) is 0.222. The SMILES string of the molecule is COCC(=O)c1ccc(F)c(F)c1. The van der Waals surface area contributed by atoms with Gasteiger partial charge in [-0.3, -0.25) is 4.79 Å². The first-order valence-electron chi connectivity index (χ1n) is 3.62. The van der Waals surface area contributed by atoms with E-state index < -0.39 is 11.6 Å². The first-order chi connectivity index (χ1) is 6.15. The number of ether oxygens (including phenoxy) is 1. The maximum atomic E-state index is 12.6. The van der Waals surface area contributed by atoms with Gasteiger partial charge in [-0.15, -0.1) is 0 Å². The van der Waals surface area contributed by atoms with Crippen molar-refractivity contribution in [3.63, 3.8) is 0 Å². The third-order valence-corrected chi connectivity index (χ3v) is 1.52. The Kier molecular flexibility index (Phi) is 3.08. The maximum Gasteiger partial charge on any atom is 0.188 e. The van der Waals surface area contributed by atoms with Crippen LogP contribution in [0, 0.1) is 11.6 Å². The first-order valence-corrected chi connectivity index (χ1v) is 3.62. The summed E-state index contributed by atoms with van der Waals surface area (Å²) < 4.78 is 29.6. The van der Waals surface area contributed by atoms with Crippen LogP contribution >= 0.6 is 0 Å². The first kappa shape index (κ1) is 9.80. The molecule has 2 nitrogen and oxygen atoms in total. The number of hydrogen-bond donors (Lipinski definition) is 0. The van der Waals surface area contributed by atoms with Crippen molar-refractivity contribution in [2.24, 2.45) is 0 Å².